The van der Waals surface area contributed by atoms with Crippen LogP contribution in [0.15, 0.2) is 35.2 Å². The van der Waals surface area contributed by atoms with Crippen molar-refractivity contribution < 1.29 is 4.79 Å². The van der Waals surface area contributed by atoms with Crippen LogP contribution >= 0.6 is 11.3 Å². The second kappa shape index (κ2) is 6.05. The van der Waals surface area contributed by atoms with E-state index in [1.165, 1.54) is 22.6 Å². The zero-order valence-corrected chi connectivity index (χ0v) is 12.0. The Kier molecular flexibility index (Phi) is 3.97. The van der Waals surface area contributed by atoms with Crippen LogP contribution in [0.2, 0.25) is 0 Å². The molecule has 0 aliphatic carbocycles. The highest BCUT2D eigenvalue weighted by Crippen LogP contribution is 2.27. The van der Waals surface area contributed by atoms with Gasteiger partial charge in [0.15, 0.2) is 0 Å². The molecule has 0 atom stereocenters. The summed E-state index contributed by atoms with van der Waals surface area (Å²) in [5.41, 5.74) is 4.97. The average molecular weight is 287 g/mol. The number of aromatic nitrogens is 1. The van der Waals surface area contributed by atoms with Crippen molar-refractivity contribution in [2.24, 2.45) is 0 Å². The zero-order valence-electron chi connectivity index (χ0n) is 11.2. The van der Waals surface area contributed by atoms with Crippen molar-refractivity contribution in [1.29, 1.82) is 0 Å². The Morgan fingerprint density at radius 2 is 2.30 bits per heavy atom. The summed E-state index contributed by atoms with van der Waals surface area (Å²) in [5, 5.41) is 4.68. The van der Waals surface area contributed by atoms with Gasteiger partial charge in [0.1, 0.15) is 5.69 Å². The molecule has 4 nitrogen and oxygen atoms in total. The van der Waals surface area contributed by atoms with Gasteiger partial charge >= 0.3 is 0 Å². The van der Waals surface area contributed by atoms with E-state index in [1.807, 2.05) is 0 Å². The minimum absolute atomic E-state index is 0.0759. The molecule has 1 aromatic carbocycles. The molecule has 0 saturated heterocycles. The van der Waals surface area contributed by atoms with Gasteiger partial charge in [0.2, 0.25) is 0 Å². The first-order valence-corrected chi connectivity index (χ1v) is 7.78. The largest absolute Gasteiger partial charge is 0.371 e. The molecule has 0 unspecified atom stereocenters. The third-order valence-electron chi connectivity index (χ3n) is 3.54. The maximum atomic E-state index is 11.7. The van der Waals surface area contributed by atoms with Crippen LogP contribution in [0.3, 0.4) is 0 Å². The number of thiazole rings is 1. The molecular weight excluding hydrogens is 270 g/mol. The smallest absolute Gasteiger partial charge is 0.270 e. The first kappa shape index (κ1) is 13.1. The lowest BCUT2D eigenvalue weighted by atomic mass is 10.2. The molecule has 0 saturated carbocycles. The SMILES string of the molecule is O=C(NCCCN1CCc2ccccc21)c1cscn1. The number of rotatable bonds is 5. The fourth-order valence-electron chi connectivity index (χ4n) is 2.53. The van der Waals surface area contributed by atoms with E-state index in [-0.39, 0.29) is 5.91 Å². The van der Waals surface area contributed by atoms with Gasteiger partial charge in [0.05, 0.1) is 5.51 Å². The number of hydrogen-bond acceptors (Lipinski definition) is 4. The monoisotopic (exact) mass is 287 g/mol. The molecule has 1 N–H and O–H groups in total. The number of carbonyl (C=O) groups excluding carboxylic acids is 1. The quantitative estimate of drug-likeness (QED) is 0.858. The Bertz CT molecular complexity index is 583. The van der Waals surface area contributed by atoms with E-state index in [2.05, 4.69) is 39.5 Å². The number of para-hydroxylation sites is 1. The lowest BCUT2D eigenvalue weighted by Crippen LogP contribution is -2.29. The van der Waals surface area contributed by atoms with Gasteiger partial charge in [0, 0.05) is 30.7 Å². The molecule has 0 fully saturated rings. The molecule has 0 spiro atoms. The molecule has 20 heavy (non-hydrogen) atoms. The van der Waals surface area contributed by atoms with E-state index in [1.54, 1.807) is 10.9 Å². The number of fused-ring (bicyclic) bond motifs is 1. The minimum Gasteiger partial charge on any atom is -0.371 e. The van der Waals surface area contributed by atoms with E-state index in [9.17, 15) is 4.79 Å². The first-order valence-electron chi connectivity index (χ1n) is 6.84. The normalized spacial score (nSPS) is 13.3. The van der Waals surface area contributed by atoms with Crippen LogP contribution < -0.4 is 10.2 Å². The van der Waals surface area contributed by atoms with Crippen molar-refractivity contribution in [2.75, 3.05) is 24.5 Å². The molecule has 5 heteroatoms. The Labute approximate surface area is 122 Å². The Morgan fingerprint density at radius 1 is 1.40 bits per heavy atom. The average Bonchev–Trinajstić information content (AvgIpc) is 3.13. The topological polar surface area (TPSA) is 45.2 Å². The summed E-state index contributed by atoms with van der Waals surface area (Å²) in [6.07, 6.45) is 2.07. The highest BCUT2D eigenvalue weighted by Gasteiger charge is 2.17. The molecular formula is C15H17N3OS. The van der Waals surface area contributed by atoms with Crippen LogP contribution in [-0.2, 0) is 6.42 Å². The molecule has 1 aliphatic rings. The van der Waals surface area contributed by atoms with Gasteiger partial charge in [-0.25, -0.2) is 4.98 Å². The highest BCUT2D eigenvalue weighted by molar-refractivity contribution is 7.07. The summed E-state index contributed by atoms with van der Waals surface area (Å²) in [6.45, 7) is 2.75. The van der Waals surface area contributed by atoms with Crippen molar-refractivity contribution in [3.63, 3.8) is 0 Å². The lowest BCUT2D eigenvalue weighted by molar-refractivity contribution is 0.0949. The lowest BCUT2D eigenvalue weighted by Gasteiger charge is -2.19. The second-order valence-corrected chi connectivity index (χ2v) is 5.57. The predicted molar refractivity (Wildman–Crippen MR) is 81.4 cm³/mol. The Hall–Kier alpha value is -1.88. The zero-order chi connectivity index (χ0) is 13.8. The van der Waals surface area contributed by atoms with Crippen LogP contribution in [-0.4, -0.2) is 30.5 Å². The number of benzene rings is 1. The summed E-state index contributed by atoms with van der Waals surface area (Å²) in [7, 11) is 0. The molecule has 1 aliphatic heterocycles. The van der Waals surface area contributed by atoms with Crippen LogP contribution in [0.4, 0.5) is 5.69 Å². The summed E-state index contributed by atoms with van der Waals surface area (Å²) in [5.74, 6) is -0.0759. The standard InChI is InChI=1S/C15H17N3OS/c19-15(13-10-20-11-17-13)16-7-3-8-18-9-6-12-4-1-2-5-14(12)18/h1-2,4-5,10-11H,3,6-9H2,(H,16,19). The van der Waals surface area contributed by atoms with Crippen molar-refractivity contribution in [2.45, 2.75) is 12.8 Å². The van der Waals surface area contributed by atoms with E-state index in [0.717, 1.165) is 25.9 Å². The Balaban J connectivity index is 1.44. The minimum atomic E-state index is -0.0759. The van der Waals surface area contributed by atoms with E-state index in [0.29, 0.717) is 12.2 Å². The molecule has 2 aromatic rings. The van der Waals surface area contributed by atoms with Crippen molar-refractivity contribution in [3.05, 3.63) is 46.4 Å². The van der Waals surface area contributed by atoms with Gasteiger partial charge in [-0.3, -0.25) is 4.79 Å². The van der Waals surface area contributed by atoms with E-state index >= 15 is 0 Å². The number of hydrogen-bond donors (Lipinski definition) is 1. The summed E-state index contributed by atoms with van der Waals surface area (Å²) in [4.78, 5) is 18.1. The van der Waals surface area contributed by atoms with Gasteiger partial charge in [-0.1, -0.05) is 18.2 Å². The Morgan fingerprint density at radius 3 is 3.15 bits per heavy atom. The molecule has 1 aromatic heterocycles. The van der Waals surface area contributed by atoms with E-state index in [4.69, 9.17) is 0 Å². The second-order valence-electron chi connectivity index (χ2n) is 4.85. The highest BCUT2D eigenvalue weighted by atomic mass is 32.1. The molecule has 3 rings (SSSR count). The van der Waals surface area contributed by atoms with Crippen LogP contribution in [0.5, 0.6) is 0 Å². The summed E-state index contributed by atoms with van der Waals surface area (Å²) < 4.78 is 0. The molecule has 104 valence electrons. The number of nitrogens with one attached hydrogen (secondary N) is 1. The van der Waals surface area contributed by atoms with Crippen molar-refractivity contribution in [1.82, 2.24) is 10.3 Å². The fourth-order valence-corrected chi connectivity index (χ4v) is 3.06. The van der Waals surface area contributed by atoms with E-state index < -0.39 is 0 Å². The molecule has 0 radical (unpaired) electrons. The number of amides is 1. The van der Waals surface area contributed by atoms with Gasteiger partial charge < -0.3 is 10.2 Å². The van der Waals surface area contributed by atoms with Crippen LogP contribution in [0.25, 0.3) is 0 Å². The van der Waals surface area contributed by atoms with Gasteiger partial charge in [-0.15, -0.1) is 11.3 Å². The first-order chi connectivity index (χ1) is 9.84. The fraction of sp³-hybridized carbons (Fsp3) is 0.333. The van der Waals surface area contributed by atoms with Crippen LogP contribution in [0, 0.1) is 0 Å². The van der Waals surface area contributed by atoms with Gasteiger partial charge in [-0.05, 0) is 24.5 Å². The summed E-state index contributed by atoms with van der Waals surface area (Å²) in [6, 6.07) is 8.55. The predicted octanol–water partition coefficient (Wildman–Crippen LogP) is 2.33. The van der Waals surface area contributed by atoms with Crippen LogP contribution in [0.1, 0.15) is 22.5 Å². The van der Waals surface area contributed by atoms with Gasteiger partial charge in [0.25, 0.3) is 5.91 Å². The number of nitrogens with zero attached hydrogens (tertiary/aromatic N) is 2. The molecule has 1 amide bonds. The third kappa shape index (κ3) is 2.82. The van der Waals surface area contributed by atoms with Gasteiger partial charge in [-0.2, -0.15) is 0 Å². The third-order valence-corrected chi connectivity index (χ3v) is 4.13. The number of carbonyl (C=O) groups is 1. The van der Waals surface area contributed by atoms with Crippen molar-refractivity contribution >= 4 is 22.9 Å². The molecule has 0 bridgehead atoms. The van der Waals surface area contributed by atoms with Crippen molar-refractivity contribution in [3.8, 4) is 0 Å². The number of anilines is 1. The summed E-state index contributed by atoms with van der Waals surface area (Å²) >= 11 is 1.44. The maximum absolute atomic E-state index is 11.7. The maximum Gasteiger partial charge on any atom is 0.270 e. The molecule has 2 heterocycles.